The van der Waals surface area contributed by atoms with E-state index in [0.29, 0.717) is 0 Å². The van der Waals surface area contributed by atoms with E-state index in [9.17, 15) is 0 Å². The number of ether oxygens (including phenoxy) is 1. The van der Waals surface area contributed by atoms with Crippen LogP contribution in [0.2, 0.25) is 0 Å². The van der Waals surface area contributed by atoms with Crippen LogP contribution in [0.15, 0.2) is 66.0 Å². The first kappa shape index (κ1) is 15.5. The van der Waals surface area contributed by atoms with Gasteiger partial charge in [-0.2, -0.15) is 0 Å². The lowest BCUT2D eigenvalue weighted by molar-refractivity contribution is 0.414. The number of benzene rings is 2. The van der Waals surface area contributed by atoms with Crippen molar-refractivity contribution in [1.82, 2.24) is 9.55 Å². The van der Waals surface area contributed by atoms with Gasteiger partial charge in [-0.15, -0.1) is 11.3 Å². The third kappa shape index (κ3) is 2.47. The smallest absolute Gasteiger partial charge is 0.204 e. The molecule has 2 aromatic carbocycles. The van der Waals surface area contributed by atoms with Crippen molar-refractivity contribution in [3.05, 3.63) is 76.5 Å². The lowest BCUT2D eigenvalue weighted by atomic mass is 9.96. The molecule has 5 rings (SSSR count). The number of rotatable bonds is 3. The number of imidazole rings is 1. The second kappa shape index (κ2) is 6.18. The predicted octanol–water partition coefficient (Wildman–Crippen LogP) is 5.25. The molecule has 4 nitrogen and oxygen atoms in total. The molecule has 26 heavy (non-hydrogen) atoms. The van der Waals surface area contributed by atoms with Gasteiger partial charge in [0.05, 0.1) is 30.2 Å². The molecule has 0 fully saturated rings. The van der Waals surface area contributed by atoms with Gasteiger partial charge in [-0.3, -0.25) is 0 Å². The van der Waals surface area contributed by atoms with Gasteiger partial charge in [0.15, 0.2) is 0 Å². The SMILES string of the molecule is COc1ccc([C@@H]2C[C@@H](c3cccs3)Nc3nc4ccccc4n32)cc1. The summed E-state index contributed by atoms with van der Waals surface area (Å²) in [5.74, 6) is 1.82. The maximum atomic E-state index is 5.33. The highest BCUT2D eigenvalue weighted by atomic mass is 32.1. The number of aromatic nitrogens is 2. The number of methoxy groups -OCH3 is 1. The van der Waals surface area contributed by atoms with Crippen LogP contribution in [-0.2, 0) is 0 Å². The summed E-state index contributed by atoms with van der Waals surface area (Å²) in [5.41, 5.74) is 3.47. The molecule has 0 aliphatic carbocycles. The molecule has 4 aromatic rings. The summed E-state index contributed by atoms with van der Waals surface area (Å²) in [5, 5.41) is 5.78. The zero-order valence-corrected chi connectivity index (χ0v) is 15.2. The zero-order chi connectivity index (χ0) is 17.5. The topological polar surface area (TPSA) is 39.1 Å². The van der Waals surface area contributed by atoms with E-state index < -0.39 is 0 Å². The van der Waals surface area contributed by atoms with Crippen molar-refractivity contribution < 1.29 is 4.74 Å². The molecule has 0 saturated carbocycles. The minimum Gasteiger partial charge on any atom is -0.497 e. The van der Waals surface area contributed by atoms with Crippen LogP contribution >= 0.6 is 11.3 Å². The molecule has 0 radical (unpaired) electrons. The molecular formula is C21H19N3OS. The van der Waals surface area contributed by atoms with Crippen molar-refractivity contribution >= 4 is 28.3 Å². The summed E-state index contributed by atoms with van der Waals surface area (Å²) in [7, 11) is 1.70. The van der Waals surface area contributed by atoms with Crippen molar-refractivity contribution in [3.63, 3.8) is 0 Å². The van der Waals surface area contributed by atoms with E-state index in [0.717, 1.165) is 23.6 Å². The monoisotopic (exact) mass is 361 g/mol. The van der Waals surface area contributed by atoms with Crippen molar-refractivity contribution in [3.8, 4) is 5.75 Å². The summed E-state index contributed by atoms with van der Waals surface area (Å²) in [4.78, 5) is 6.20. The molecule has 2 aromatic heterocycles. The van der Waals surface area contributed by atoms with Crippen molar-refractivity contribution in [2.75, 3.05) is 12.4 Å². The van der Waals surface area contributed by atoms with Crippen LogP contribution in [0.3, 0.4) is 0 Å². The Kier molecular flexibility index (Phi) is 3.68. The van der Waals surface area contributed by atoms with Gasteiger partial charge in [-0.05, 0) is 47.7 Å². The van der Waals surface area contributed by atoms with Crippen LogP contribution in [0.25, 0.3) is 11.0 Å². The van der Waals surface area contributed by atoms with E-state index in [1.807, 2.05) is 18.2 Å². The lowest BCUT2D eigenvalue weighted by Crippen LogP contribution is -2.26. The normalized spacial score (nSPS) is 19.1. The van der Waals surface area contributed by atoms with Gasteiger partial charge in [-0.25, -0.2) is 4.98 Å². The van der Waals surface area contributed by atoms with Gasteiger partial charge in [0.1, 0.15) is 5.75 Å². The van der Waals surface area contributed by atoms with E-state index in [4.69, 9.17) is 9.72 Å². The molecule has 3 heterocycles. The maximum absolute atomic E-state index is 5.33. The maximum Gasteiger partial charge on any atom is 0.204 e. The van der Waals surface area contributed by atoms with Gasteiger partial charge in [-0.1, -0.05) is 30.3 Å². The Morgan fingerprint density at radius 2 is 1.92 bits per heavy atom. The second-order valence-electron chi connectivity index (χ2n) is 6.53. The number of thiophene rings is 1. The largest absolute Gasteiger partial charge is 0.497 e. The highest BCUT2D eigenvalue weighted by molar-refractivity contribution is 7.10. The third-order valence-corrected chi connectivity index (χ3v) is 6.04. The zero-order valence-electron chi connectivity index (χ0n) is 14.4. The Bertz CT molecular complexity index is 1040. The number of nitrogens with zero attached hydrogens (tertiary/aromatic N) is 2. The summed E-state index contributed by atoms with van der Waals surface area (Å²) >= 11 is 1.79. The minimum absolute atomic E-state index is 0.233. The Morgan fingerprint density at radius 3 is 2.69 bits per heavy atom. The first-order valence-electron chi connectivity index (χ1n) is 8.74. The molecule has 2 atom stereocenters. The fourth-order valence-electron chi connectivity index (χ4n) is 3.79. The van der Waals surface area contributed by atoms with Crippen LogP contribution < -0.4 is 10.1 Å². The van der Waals surface area contributed by atoms with E-state index >= 15 is 0 Å². The molecule has 0 saturated heterocycles. The highest BCUT2D eigenvalue weighted by Crippen LogP contribution is 2.42. The van der Waals surface area contributed by atoms with Crippen molar-refractivity contribution in [2.24, 2.45) is 0 Å². The standard InChI is InChI=1S/C21H19N3OS/c1-25-15-10-8-14(9-11-15)19-13-17(20-7-4-12-26-20)23-21-22-16-5-2-3-6-18(16)24(19)21/h2-12,17,19H,13H2,1H3,(H,22,23)/t17-,19-/m0/s1. The summed E-state index contributed by atoms with van der Waals surface area (Å²) in [6.07, 6.45) is 0.986. The molecule has 1 aliphatic heterocycles. The fraction of sp³-hybridized carbons (Fsp3) is 0.190. The molecule has 130 valence electrons. The van der Waals surface area contributed by atoms with Crippen LogP contribution in [0, 0.1) is 0 Å². The fourth-order valence-corrected chi connectivity index (χ4v) is 4.58. The Morgan fingerprint density at radius 1 is 1.08 bits per heavy atom. The van der Waals surface area contributed by atoms with E-state index in [1.165, 1.54) is 16.0 Å². The Labute approximate surface area is 156 Å². The first-order valence-corrected chi connectivity index (χ1v) is 9.62. The molecule has 0 bridgehead atoms. The number of hydrogen-bond acceptors (Lipinski definition) is 4. The molecule has 5 heteroatoms. The molecule has 1 aliphatic rings. The first-order chi connectivity index (χ1) is 12.8. The van der Waals surface area contributed by atoms with Gasteiger partial charge < -0.3 is 14.6 Å². The number of fused-ring (bicyclic) bond motifs is 3. The lowest BCUT2D eigenvalue weighted by Gasteiger charge is -2.33. The van der Waals surface area contributed by atoms with Crippen LogP contribution in [0.4, 0.5) is 5.95 Å². The average Bonchev–Trinajstić information content (AvgIpc) is 3.35. The van der Waals surface area contributed by atoms with Crippen molar-refractivity contribution in [1.29, 1.82) is 0 Å². The summed E-state index contributed by atoms with van der Waals surface area (Å²) in [6.45, 7) is 0. The number of para-hydroxylation sites is 2. The average molecular weight is 361 g/mol. The van der Waals surface area contributed by atoms with Gasteiger partial charge >= 0.3 is 0 Å². The molecular weight excluding hydrogens is 342 g/mol. The predicted molar refractivity (Wildman–Crippen MR) is 106 cm³/mol. The Hall–Kier alpha value is -2.79. The van der Waals surface area contributed by atoms with E-state index in [1.54, 1.807) is 18.4 Å². The van der Waals surface area contributed by atoms with Crippen LogP contribution in [0.5, 0.6) is 5.75 Å². The van der Waals surface area contributed by atoms with Crippen LogP contribution in [0.1, 0.15) is 28.9 Å². The Balaban J connectivity index is 1.66. The molecule has 0 unspecified atom stereocenters. The van der Waals surface area contributed by atoms with Crippen LogP contribution in [-0.4, -0.2) is 16.7 Å². The molecule has 1 N–H and O–H groups in total. The van der Waals surface area contributed by atoms with Crippen molar-refractivity contribution in [2.45, 2.75) is 18.5 Å². The number of anilines is 1. The number of hydrogen-bond donors (Lipinski definition) is 1. The molecule has 0 amide bonds. The second-order valence-corrected chi connectivity index (χ2v) is 7.51. The van der Waals surface area contributed by atoms with Gasteiger partial charge in [0.2, 0.25) is 5.95 Å². The van der Waals surface area contributed by atoms with E-state index in [2.05, 4.69) is 57.7 Å². The third-order valence-electron chi connectivity index (χ3n) is 5.06. The molecule has 0 spiro atoms. The number of nitrogens with one attached hydrogen (secondary N) is 1. The van der Waals surface area contributed by atoms with Gasteiger partial charge in [0, 0.05) is 4.88 Å². The van der Waals surface area contributed by atoms with E-state index in [-0.39, 0.29) is 12.1 Å². The van der Waals surface area contributed by atoms with Gasteiger partial charge in [0.25, 0.3) is 0 Å². The quantitative estimate of drug-likeness (QED) is 0.541. The summed E-state index contributed by atoms with van der Waals surface area (Å²) in [6, 6.07) is 21.6. The highest BCUT2D eigenvalue weighted by Gasteiger charge is 2.31. The summed E-state index contributed by atoms with van der Waals surface area (Å²) < 4.78 is 7.67. The minimum atomic E-state index is 0.233.